The molecule has 0 amide bonds. The van der Waals surface area contributed by atoms with Crippen molar-refractivity contribution in [3.63, 3.8) is 0 Å². The van der Waals surface area contributed by atoms with Crippen LogP contribution in [0, 0.1) is 0 Å². The lowest BCUT2D eigenvalue weighted by Crippen LogP contribution is -2.15. The van der Waals surface area contributed by atoms with Crippen molar-refractivity contribution in [2.75, 3.05) is 4.90 Å². The van der Waals surface area contributed by atoms with Gasteiger partial charge in [0, 0.05) is 38.2 Å². The molecule has 3 heterocycles. The van der Waals surface area contributed by atoms with Gasteiger partial charge in [-0.25, -0.2) is 9.97 Å². The van der Waals surface area contributed by atoms with Crippen LogP contribution >= 0.6 is 11.8 Å². The van der Waals surface area contributed by atoms with Gasteiger partial charge in [0.25, 0.3) is 0 Å². The van der Waals surface area contributed by atoms with Gasteiger partial charge in [-0.3, -0.25) is 4.90 Å². The Labute approximate surface area is 302 Å². The van der Waals surface area contributed by atoms with Crippen molar-refractivity contribution in [3.8, 4) is 22.9 Å². The van der Waals surface area contributed by atoms with E-state index in [4.69, 9.17) is 19.1 Å². The number of fused-ring (bicyclic) bond motifs is 12. The molecule has 11 rings (SSSR count). The fourth-order valence-corrected chi connectivity index (χ4v) is 8.75. The van der Waals surface area contributed by atoms with E-state index in [-0.39, 0.29) is 0 Å². The predicted octanol–water partition coefficient (Wildman–Crippen LogP) is 13.2. The lowest BCUT2D eigenvalue weighted by atomic mass is 10.0. The second kappa shape index (κ2) is 11.5. The zero-order valence-corrected chi connectivity index (χ0v) is 28.5. The molecule has 0 radical (unpaired) electrons. The van der Waals surface area contributed by atoms with Crippen molar-refractivity contribution in [1.29, 1.82) is 0 Å². The fourth-order valence-electron chi connectivity index (χ4n) is 7.55. The summed E-state index contributed by atoms with van der Waals surface area (Å²) < 4.78 is 13.5. The van der Waals surface area contributed by atoms with Gasteiger partial charge in [0.05, 0.1) is 21.0 Å². The molecule has 6 heteroatoms. The van der Waals surface area contributed by atoms with Crippen LogP contribution in [0.1, 0.15) is 0 Å². The molecule has 0 fully saturated rings. The van der Waals surface area contributed by atoms with E-state index < -0.39 is 0 Å². The molecular weight excluding hydrogens is 659 g/mol. The first kappa shape index (κ1) is 29.1. The predicted molar refractivity (Wildman–Crippen MR) is 213 cm³/mol. The van der Waals surface area contributed by atoms with Crippen LogP contribution in [0.25, 0.3) is 65.8 Å². The van der Waals surface area contributed by atoms with E-state index in [9.17, 15) is 0 Å². The zero-order chi connectivity index (χ0) is 34.2. The first-order chi connectivity index (χ1) is 25.8. The van der Waals surface area contributed by atoms with Crippen LogP contribution in [0.15, 0.2) is 178 Å². The molecule has 1 aliphatic rings. The number of anilines is 3. The van der Waals surface area contributed by atoms with Gasteiger partial charge in [-0.1, -0.05) is 139 Å². The number of benzene rings is 8. The number of hydrogen-bond acceptors (Lipinski definition) is 6. The highest BCUT2D eigenvalue weighted by molar-refractivity contribution is 8.00. The third kappa shape index (κ3) is 4.38. The maximum atomic E-state index is 6.96. The average Bonchev–Trinajstić information content (AvgIpc) is 3.61. The molecule has 244 valence electrons. The van der Waals surface area contributed by atoms with E-state index in [1.807, 2.05) is 42.5 Å². The number of aromatic nitrogens is 2. The molecule has 0 bridgehead atoms. The molecule has 52 heavy (non-hydrogen) atoms. The molecule has 0 spiro atoms. The van der Waals surface area contributed by atoms with Crippen molar-refractivity contribution >= 4 is 83.3 Å². The van der Waals surface area contributed by atoms with Crippen LogP contribution in [0.3, 0.4) is 0 Å². The van der Waals surface area contributed by atoms with Crippen molar-refractivity contribution < 1.29 is 9.15 Å². The van der Waals surface area contributed by atoms with Gasteiger partial charge in [0.1, 0.15) is 17.2 Å². The normalized spacial score (nSPS) is 12.3. The highest BCUT2D eigenvalue weighted by Crippen LogP contribution is 2.58. The summed E-state index contributed by atoms with van der Waals surface area (Å²) in [4.78, 5) is 14.9. The van der Waals surface area contributed by atoms with Crippen molar-refractivity contribution in [2.45, 2.75) is 9.79 Å². The highest BCUT2D eigenvalue weighted by Gasteiger charge is 2.31. The van der Waals surface area contributed by atoms with Crippen molar-refractivity contribution in [3.05, 3.63) is 164 Å². The lowest BCUT2D eigenvalue weighted by Gasteiger charge is -2.30. The average molecular weight is 686 g/mol. The molecule has 0 unspecified atom stereocenters. The Balaban J connectivity index is 1.19. The van der Waals surface area contributed by atoms with Gasteiger partial charge in [0.15, 0.2) is 17.2 Å². The summed E-state index contributed by atoms with van der Waals surface area (Å²) >= 11 is 1.72. The van der Waals surface area contributed by atoms with Crippen LogP contribution in [-0.4, -0.2) is 9.97 Å². The molecule has 0 saturated heterocycles. The Hall–Kier alpha value is -6.63. The summed E-state index contributed by atoms with van der Waals surface area (Å²) in [6, 6.07) is 56.4. The fraction of sp³-hybridized carbons (Fsp3) is 0. The first-order valence-electron chi connectivity index (χ1n) is 17.2. The van der Waals surface area contributed by atoms with Crippen LogP contribution in [0.2, 0.25) is 0 Å². The Bertz CT molecular complexity index is 3030. The smallest absolute Gasteiger partial charge is 0.185 e. The summed E-state index contributed by atoms with van der Waals surface area (Å²) in [5.41, 5.74) is 5.40. The van der Waals surface area contributed by atoms with Crippen LogP contribution in [0.4, 0.5) is 17.2 Å². The minimum Gasteiger partial charge on any atom is -0.452 e. The van der Waals surface area contributed by atoms with Gasteiger partial charge in [0.2, 0.25) is 0 Å². The number of hydrogen-bond donors (Lipinski definition) is 0. The quantitative estimate of drug-likeness (QED) is 0.172. The van der Waals surface area contributed by atoms with Gasteiger partial charge in [-0.05, 0) is 47.2 Å². The summed E-state index contributed by atoms with van der Waals surface area (Å²) in [7, 11) is 0. The second-order valence-electron chi connectivity index (χ2n) is 12.9. The van der Waals surface area contributed by atoms with E-state index in [1.165, 1.54) is 0 Å². The van der Waals surface area contributed by atoms with Gasteiger partial charge in [-0.15, -0.1) is 0 Å². The molecule has 8 aromatic carbocycles. The summed E-state index contributed by atoms with van der Waals surface area (Å²) in [6.07, 6.45) is 0. The standard InChI is InChI=1S/C46H27N3O2S/c1-3-15-29(16-4-1)45-47-40-31-19-8-7-14-28(31)26-27-35(40)46(48-45)49(30-17-5-2-6-18-30)36-23-13-25-38-44(36)52-43-33-21-10-9-20-32(33)39-34-22-11-12-24-37(34)50-41(39)42(43)51-38/h1-27H. The Morgan fingerprint density at radius 2 is 1.23 bits per heavy atom. The van der Waals surface area contributed by atoms with E-state index >= 15 is 0 Å². The molecule has 10 aromatic rings. The summed E-state index contributed by atoms with van der Waals surface area (Å²) in [5, 5.41) is 7.58. The van der Waals surface area contributed by atoms with Gasteiger partial charge in [-0.2, -0.15) is 0 Å². The maximum Gasteiger partial charge on any atom is 0.185 e. The lowest BCUT2D eigenvalue weighted by molar-refractivity contribution is 0.451. The van der Waals surface area contributed by atoms with Crippen molar-refractivity contribution in [2.24, 2.45) is 0 Å². The largest absolute Gasteiger partial charge is 0.452 e. The SMILES string of the molecule is c1ccc(-c2nc(N(c3ccccc3)c3cccc4c3Sc3c(c5oc6ccccc6c5c5ccccc35)O4)c3ccc4ccccc4c3n2)cc1. The molecular formula is C46H27N3O2S. The van der Waals surface area contributed by atoms with E-state index in [0.29, 0.717) is 5.82 Å². The van der Waals surface area contributed by atoms with E-state index in [0.717, 1.165) is 98.4 Å². The van der Waals surface area contributed by atoms with Crippen molar-refractivity contribution in [1.82, 2.24) is 9.97 Å². The van der Waals surface area contributed by atoms with E-state index in [1.54, 1.807) is 11.8 Å². The summed E-state index contributed by atoms with van der Waals surface area (Å²) in [5.74, 6) is 2.96. The molecule has 0 atom stereocenters. The van der Waals surface area contributed by atoms with Crippen LogP contribution in [-0.2, 0) is 0 Å². The number of furan rings is 1. The Morgan fingerprint density at radius 1 is 0.519 bits per heavy atom. The highest BCUT2D eigenvalue weighted by atomic mass is 32.2. The first-order valence-corrected chi connectivity index (χ1v) is 18.1. The second-order valence-corrected chi connectivity index (χ2v) is 13.9. The number of rotatable bonds is 4. The van der Waals surface area contributed by atoms with Gasteiger partial charge < -0.3 is 9.15 Å². The minimum atomic E-state index is 0.665. The third-order valence-electron chi connectivity index (χ3n) is 9.89. The monoisotopic (exact) mass is 685 g/mol. The van der Waals surface area contributed by atoms with Gasteiger partial charge >= 0.3 is 0 Å². The molecule has 5 nitrogen and oxygen atoms in total. The van der Waals surface area contributed by atoms with Crippen LogP contribution < -0.4 is 9.64 Å². The number of para-hydroxylation sites is 2. The molecule has 0 saturated carbocycles. The topological polar surface area (TPSA) is 51.4 Å². The molecule has 1 aliphatic heterocycles. The molecule has 2 aromatic heterocycles. The number of ether oxygens (including phenoxy) is 1. The Kier molecular flexibility index (Phi) is 6.42. The minimum absolute atomic E-state index is 0.665. The maximum absolute atomic E-state index is 6.96. The van der Waals surface area contributed by atoms with E-state index in [2.05, 4.69) is 126 Å². The Morgan fingerprint density at radius 3 is 2.08 bits per heavy atom. The molecule has 0 N–H and O–H groups in total. The van der Waals surface area contributed by atoms with Crippen LogP contribution in [0.5, 0.6) is 11.5 Å². The third-order valence-corrected chi connectivity index (χ3v) is 11.1. The summed E-state index contributed by atoms with van der Waals surface area (Å²) in [6.45, 7) is 0. The zero-order valence-electron chi connectivity index (χ0n) is 27.7. The number of nitrogens with zero attached hydrogens (tertiary/aromatic N) is 3. The molecule has 0 aliphatic carbocycles.